The molecule has 1 saturated heterocycles. The van der Waals surface area contributed by atoms with E-state index in [9.17, 15) is 4.79 Å². The Morgan fingerprint density at radius 3 is 2.86 bits per heavy atom. The number of likely N-dealkylation sites (tertiary alicyclic amines) is 1. The fourth-order valence-corrected chi connectivity index (χ4v) is 2.67. The standard InChI is InChI=1S/C17H27N3O2/c1-19(2)16-9-6-11-20(13-16)17(21)18-10-12-22-14-15-7-4-3-5-8-15/h3-5,7-8,16H,6,9-14H2,1-2H3,(H,18,21)/t16-/m1/s1. The van der Waals surface area contributed by atoms with E-state index < -0.39 is 0 Å². The lowest BCUT2D eigenvalue weighted by Crippen LogP contribution is -2.51. The summed E-state index contributed by atoms with van der Waals surface area (Å²) in [5.74, 6) is 0. The zero-order chi connectivity index (χ0) is 15.8. The number of carbonyl (C=O) groups excluding carboxylic acids is 1. The number of carbonyl (C=O) groups is 1. The van der Waals surface area contributed by atoms with Gasteiger partial charge in [0.2, 0.25) is 0 Å². The molecule has 122 valence electrons. The summed E-state index contributed by atoms with van der Waals surface area (Å²) in [5.41, 5.74) is 1.15. The highest BCUT2D eigenvalue weighted by molar-refractivity contribution is 5.74. The summed E-state index contributed by atoms with van der Waals surface area (Å²) >= 11 is 0. The first kappa shape index (κ1) is 16.8. The van der Waals surface area contributed by atoms with Crippen LogP contribution in [-0.2, 0) is 11.3 Å². The van der Waals surface area contributed by atoms with Crippen LogP contribution in [0.5, 0.6) is 0 Å². The summed E-state index contributed by atoms with van der Waals surface area (Å²) in [5, 5.41) is 2.94. The Balaban J connectivity index is 1.61. The van der Waals surface area contributed by atoms with Crippen molar-refractivity contribution in [1.29, 1.82) is 0 Å². The van der Waals surface area contributed by atoms with Crippen molar-refractivity contribution in [3.8, 4) is 0 Å². The lowest BCUT2D eigenvalue weighted by molar-refractivity contribution is 0.115. The third kappa shape index (κ3) is 5.31. The predicted octanol–water partition coefficient (Wildman–Crippen LogP) is 1.94. The van der Waals surface area contributed by atoms with Crippen LogP contribution in [0.1, 0.15) is 18.4 Å². The average Bonchev–Trinajstić information content (AvgIpc) is 2.55. The van der Waals surface area contributed by atoms with Gasteiger partial charge in [0.15, 0.2) is 0 Å². The highest BCUT2D eigenvalue weighted by atomic mass is 16.5. The summed E-state index contributed by atoms with van der Waals surface area (Å²) in [6, 6.07) is 10.5. The SMILES string of the molecule is CN(C)[C@@H]1CCCN(C(=O)NCCOCc2ccccc2)C1. The Morgan fingerprint density at radius 2 is 2.14 bits per heavy atom. The summed E-state index contributed by atoms with van der Waals surface area (Å²) in [6.45, 7) is 3.33. The highest BCUT2D eigenvalue weighted by Gasteiger charge is 2.24. The van der Waals surface area contributed by atoms with Crippen LogP contribution in [-0.4, -0.2) is 62.2 Å². The number of hydrogen-bond donors (Lipinski definition) is 1. The van der Waals surface area contributed by atoms with Crippen molar-refractivity contribution < 1.29 is 9.53 Å². The van der Waals surface area contributed by atoms with Gasteiger partial charge in [0, 0.05) is 25.7 Å². The largest absolute Gasteiger partial charge is 0.375 e. The van der Waals surface area contributed by atoms with Gasteiger partial charge in [-0.25, -0.2) is 4.79 Å². The minimum Gasteiger partial charge on any atom is -0.375 e. The van der Waals surface area contributed by atoms with Crippen molar-refractivity contribution in [3.63, 3.8) is 0 Å². The van der Waals surface area contributed by atoms with Crippen LogP contribution in [0.25, 0.3) is 0 Å². The van der Waals surface area contributed by atoms with Gasteiger partial charge in [0.05, 0.1) is 13.2 Å². The molecule has 0 bridgehead atoms. The van der Waals surface area contributed by atoms with Crippen molar-refractivity contribution in [2.75, 3.05) is 40.3 Å². The van der Waals surface area contributed by atoms with E-state index in [1.807, 2.05) is 35.2 Å². The maximum atomic E-state index is 12.1. The molecular formula is C17H27N3O2. The quantitative estimate of drug-likeness (QED) is 0.817. The van der Waals surface area contributed by atoms with Crippen LogP contribution < -0.4 is 5.32 Å². The average molecular weight is 305 g/mol. The molecule has 2 rings (SSSR count). The number of ether oxygens (including phenoxy) is 1. The molecule has 0 radical (unpaired) electrons. The van der Waals surface area contributed by atoms with Gasteiger partial charge in [-0.05, 0) is 32.5 Å². The predicted molar refractivity (Wildman–Crippen MR) is 87.8 cm³/mol. The zero-order valence-corrected chi connectivity index (χ0v) is 13.6. The lowest BCUT2D eigenvalue weighted by atomic mass is 10.1. The third-order valence-corrected chi connectivity index (χ3v) is 4.05. The van der Waals surface area contributed by atoms with Gasteiger partial charge in [0.1, 0.15) is 0 Å². The minimum absolute atomic E-state index is 0.0230. The van der Waals surface area contributed by atoms with Gasteiger partial charge >= 0.3 is 6.03 Å². The zero-order valence-electron chi connectivity index (χ0n) is 13.6. The van der Waals surface area contributed by atoms with Gasteiger partial charge in [0.25, 0.3) is 0 Å². The second-order valence-corrected chi connectivity index (χ2v) is 5.98. The molecule has 5 nitrogen and oxygen atoms in total. The topological polar surface area (TPSA) is 44.8 Å². The Morgan fingerprint density at radius 1 is 1.36 bits per heavy atom. The molecular weight excluding hydrogens is 278 g/mol. The smallest absolute Gasteiger partial charge is 0.317 e. The minimum atomic E-state index is 0.0230. The molecule has 1 aliphatic rings. The molecule has 1 N–H and O–H groups in total. The Kier molecular flexibility index (Phi) is 6.68. The molecule has 0 aromatic heterocycles. The molecule has 5 heteroatoms. The van der Waals surface area contributed by atoms with Crippen LogP contribution in [0.15, 0.2) is 30.3 Å². The lowest BCUT2D eigenvalue weighted by Gasteiger charge is -2.36. The summed E-state index contributed by atoms with van der Waals surface area (Å²) in [4.78, 5) is 16.2. The van der Waals surface area contributed by atoms with Crippen molar-refractivity contribution in [3.05, 3.63) is 35.9 Å². The van der Waals surface area contributed by atoms with E-state index in [1.165, 1.54) is 0 Å². The Labute approximate surface area is 133 Å². The van der Waals surface area contributed by atoms with Crippen LogP contribution in [0.4, 0.5) is 4.79 Å². The summed E-state index contributed by atoms with van der Waals surface area (Å²) < 4.78 is 5.58. The molecule has 1 heterocycles. The van der Waals surface area contributed by atoms with E-state index in [0.717, 1.165) is 31.5 Å². The van der Waals surface area contributed by atoms with Crippen LogP contribution in [0.2, 0.25) is 0 Å². The van der Waals surface area contributed by atoms with Gasteiger partial charge in [-0.15, -0.1) is 0 Å². The Hall–Kier alpha value is -1.59. The second-order valence-electron chi connectivity index (χ2n) is 5.98. The molecule has 0 saturated carbocycles. The molecule has 2 amide bonds. The number of nitrogens with one attached hydrogen (secondary N) is 1. The van der Waals surface area contributed by atoms with Crippen LogP contribution >= 0.6 is 0 Å². The molecule has 1 aliphatic heterocycles. The van der Waals surface area contributed by atoms with E-state index in [2.05, 4.69) is 24.3 Å². The molecule has 0 unspecified atom stereocenters. The molecule has 1 aromatic carbocycles. The first-order valence-corrected chi connectivity index (χ1v) is 7.97. The molecule has 1 aromatic rings. The number of likely N-dealkylation sites (N-methyl/N-ethyl adjacent to an activating group) is 1. The monoisotopic (exact) mass is 305 g/mol. The maximum absolute atomic E-state index is 12.1. The second kappa shape index (κ2) is 8.76. The molecule has 1 atom stereocenters. The van der Waals surface area contributed by atoms with Crippen LogP contribution in [0, 0.1) is 0 Å². The molecule has 22 heavy (non-hydrogen) atoms. The van der Waals surface area contributed by atoms with E-state index in [-0.39, 0.29) is 6.03 Å². The first-order chi connectivity index (χ1) is 10.7. The summed E-state index contributed by atoms with van der Waals surface area (Å²) in [6.07, 6.45) is 2.23. The van der Waals surface area contributed by atoms with Gasteiger partial charge in [-0.3, -0.25) is 0 Å². The fraction of sp³-hybridized carbons (Fsp3) is 0.588. The number of benzene rings is 1. The van der Waals surface area contributed by atoms with Gasteiger partial charge < -0.3 is 19.9 Å². The number of amides is 2. The maximum Gasteiger partial charge on any atom is 0.317 e. The van der Waals surface area contributed by atoms with E-state index in [0.29, 0.717) is 25.8 Å². The van der Waals surface area contributed by atoms with E-state index in [1.54, 1.807) is 0 Å². The van der Waals surface area contributed by atoms with Crippen molar-refractivity contribution in [1.82, 2.24) is 15.1 Å². The van der Waals surface area contributed by atoms with Crippen molar-refractivity contribution >= 4 is 6.03 Å². The van der Waals surface area contributed by atoms with Gasteiger partial charge in [-0.2, -0.15) is 0 Å². The highest BCUT2D eigenvalue weighted by Crippen LogP contribution is 2.13. The number of hydrogen-bond acceptors (Lipinski definition) is 3. The third-order valence-electron chi connectivity index (χ3n) is 4.05. The molecule has 1 fully saturated rings. The molecule has 0 spiro atoms. The number of nitrogens with zero attached hydrogens (tertiary/aromatic N) is 2. The van der Waals surface area contributed by atoms with Crippen molar-refractivity contribution in [2.45, 2.75) is 25.5 Å². The number of urea groups is 1. The number of piperidine rings is 1. The number of rotatable bonds is 6. The fourth-order valence-electron chi connectivity index (χ4n) is 2.67. The summed E-state index contributed by atoms with van der Waals surface area (Å²) in [7, 11) is 4.15. The normalized spacial score (nSPS) is 18.5. The van der Waals surface area contributed by atoms with Crippen molar-refractivity contribution in [2.24, 2.45) is 0 Å². The van der Waals surface area contributed by atoms with E-state index in [4.69, 9.17) is 4.74 Å². The Bertz CT molecular complexity index is 450. The van der Waals surface area contributed by atoms with E-state index >= 15 is 0 Å². The van der Waals surface area contributed by atoms with Crippen LogP contribution in [0.3, 0.4) is 0 Å². The van der Waals surface area contributed by atoms with Gasteiger partial charge in [-0.1, -0.05) is 30.3 Å². The molecule has 0 aliphatic carbocycles. The first-order valence-electron chi connectivity index (χ1n) is 7.97.